The Balaban J connectivity index is 1.54. The summed E-state index contributed by atoms with van der Waals surface area (Å²) in [4.78, 5) is 27.6. The monoisotopic (exact) mass is 407 g/mol. The molecule has 1 aromatic heterocycles. The number of esters is 1. The summed E-state index contributed by atoms with van der Waals surface area (Å²) in [7, 11) is 0. The van der Waals surface area contributed by atoms with Gasteiger partial charge in [0.25, 0.3) is 5.91 Å². The maximum Gasteiger partial charge on any atom is 0.311 e. The molecule has 1 aliphatic rings. The molecule has 0 aliphatic carbocycles. The van der Waals surface area contributed by atoms with Crippen LogP contribution >= 0.6 is 0 Å². The fourth-order valence-electron chi connectivity index (χ4n) is 3.64. The second kappa shape index (κ2) is 8.71. The van der Waals surface area contributed by atoms with Crippen LogP contribution in [0.3, 0.4) is 0 Å². The predicted octanol–water partition coefficient (Wildman–Crippen LogP) is 3.74. The van der Waals surface area contributed by atoms with E-state index in [1.54, 1.807) is 23.3 Å². The molecule has 6 heteroatoms. The van der Waals surface area contributed by atoms with E-state index in [1.165, 1.54) is 0 Å². The molecule has 2 heterocycles. The first-order chi connectivity index (χ1) is 14.5. The largest absolute Gasteiger partial charge is 0.464 e. The van der Waals surface area contributed by atoms with Gasteiger partial charge in [0.1, 0.15) is 5.58 Å². The summed E-state index contributed by atoms with van der Waals surface area (Å²) in [6.45, 7) is 6.00. The minimum Gasteiger partial charge on any atom is -0.464 e. The molecule has 1 saturated heterocycles. The Bertz CT molecular complexity index is 1050. The molecule has 6 nitrogen and oxygen atoms in total. The molecule has 1 aliphatic heterocycles. The third kappa shape index (κ3) is 4.24. The number of carbonyl (C=O) groups is 2. The van der Waals surface area contributed by atoms with Crippen LogP contribution in [0.1, 0.15) is 28.4 Å². The number of carbonyl (C=O) groups excluding carboxylic acids is 2. The highest BCUT2D eigenvalue weighted by Gasteiger charge is 2.30. The minimum absolute atomic E-state index is 0.0369. The number of hydrogen-bond donors (Lipinski definition) is 0. The van der Waals surface area contributed by atoms with Crippen LogP contribution in [0.5, 0.6) is 0 Å². The van der Waals surface area contributed by atoms with E-state index in [0.29, 0.717) is 31.9 Å². The number of aryl methyl sites for hydroxylation is 2. The number of benzene rings is 2. The average Bonchev–Trinajstić information content (AvgIpc) is 3.14. The molecule has 1 fully saturated rings. The number of hydrogen-bond acceptors (Lipinski definition) is 5. The van der Waals surface area contributed by atoms with Crippen molar-refractivity contribution in [2.24, 2.45) is 0 Å². The van der Waals surface area contributed by atoms with Crippen molar-refractivity contribution < 1.29 is 23.5 Å². The van der Waals surface area contributed by atoms with Gasteiger partial charge in [0.05, 0.1) is 25.9 Å². The third-order valence-electron chi connectivity index (χ3n) is 5.50. The van der Waals surface area contributed by atoms with Gasteiger partial charge in [0, 0.05) is 29.6 Å². The van der Waals surface area contributed by atoms with Gasteiger partial charge in [-0.05, 0) is 37.1 Å². The van der Waals surface area contributed by atoms with Crippen LogP contribution in [-0.4, -0.2) is 43.1 Å². The van der Waals surface area contributed by atoms with E-state index in [2.05, 4.69) is 0 Å². The number of amides is 1. The first-order valence-electron chi connectivity index (χ1n) is 10.1. The first kappa shape index (κ1) is 20.2. The summed E-state index contributed by atoms with van der Waals surface area (Å²) in [6, 6.07) is 13.1. The molecule has 1 amide bonds. The molecule has 0 unspecified atom stereocenters. The van der Waals surface area contributed by atoms with Gasteiger partial charge in [-0.15, -0.1) is 0 Å². The maximum absolute atomic E-state index is 13.1. The predicted molar refractivity (Wildman–Crippen MR) is 112 cm³/mol. The summed E-state index contributed by atoms with van der Waals surface area (Å²) in [6.07, 6.45) is 0.653. The van der Waals surface area contributed by atoms with E-state index in [0.717, 1.165) is 27.7 Å². The van der Waals surface area contributed by atoms with Crippen LogP contribution in [0.15, 0.2) is 53.1 Å². The fourth-order valence-corrected chi connectivity index (χ4v) is 3.64. The van der Waals surface area contributed by atoms with Gasteiger partial charge in [0.15, 0.2) is 0 Å². The summed E-state index contributed by atoms with van der Waals surface area (Å²) in [5.74, 6) is -0.687. The van der Waals surface area contributed by atoms with E-state index in [9.17, 15) is 9.59 Å². The Kier molecular flexibility index (Phi) is 5.86. The lowest BCUT2D eigenvalue weighted by atomic mass is 10.0. The van der Waals surface area contributed by atoms with Crippen LogP contribution in [0.4, 0.5) is 0 Å². The molecular weight excluding hydrogens is 382 g/mol. The van der Waals surface area contributed by atoms with Crippen molar-refractivity contribution in [2.75, 3.05) is 26.3 Å². The molecule has 3 aromatic rings. The fraction of sp³-hybridized carbons (Fsp3) is 0.333. The molecule has 156 valence electrons. The van der Waals surface area contributed by atoms with Gasteiger partial charge in [-0.25, -0.2) is 0 Å². The smallest absolute Gasteiger partial charge is 0.311 e. The van der Waals surface area contributed by atoms with Crippen LogP contribution < -0.4 is 0 Å². The highest BCUT2D eigenvalue weighted by Crippen LogP contribution is 2.27. The molecule has 0 spiro atoms. The van der Waals surface area contributed by atoms with Crippen LogP contribution in [-0.2, 0) is 25.5 Å². The molecule has 30 heavy (non-hydrogen) atoms. The number of furan rings is 1. The number of fused-ring (bicyclic) bond motifs is 1. The van der Waals surface area contributed by atoms with Crippen molar-refractivity contribution in [3.8, 4) is 0 Å². The van der Waals surface area contributed by atoms with Crippen molar-refractivity contribution in [1.82, 2.24) is 4.90 Å². The van der Waals surface area contributed by atoms with Crippen LogP contribution in [0.2, 0.25) is 0 Å². The highest BCUT2D eigenvalue weighted by molar-refractivity contribution is 5.89. The summed E-state index contributed by atoms with van der Waals surface area (Å²) >= 11 is 0. The van der Waals surface area contributed by atoms with E-state index in [1.807, 2.05) is 44.2 Å². The lowest BCUT2D eigenvalue weighted by molar-refractivity contribution is -0.162. The van der Waals surface area contributed by atoms with Crippen molar-refractivity contribution in [2.45, 2.75) is 26.4 Å². The molecule has 0 saturated carbocycles. The van der Waals surface area contributed by atoms with Gasteiger partial charge in [-0.2, -0.15) is 0 Å². The Labute approximate surface area is 175 Å². The number of nitrogens with zero attached hydrogens (tertiary/aromatic N) is 1. The maximum atomic E-state index is 13.1. The van der Waals surface area contributed by atoms with Crippen LogP contribution in [0, 0.1) is 13.8 Å². The highest BCUT2D eigenvalue weighted by atomic mass is 16.5. The Morgan fingerprint density at radius 2 is 1.77 bits per heavy atom. The standard InChI is InChI=1S/C24H25NO5/c1-16-12-20-19(15-29-21(20)13-17(16)2)14-22(26)30-23(18-6-4-3-5-7-18)24(27)25-8-10-28-11-9-25/h3-7,12-13,15,23H,8-11,14H2,1-2H3/t23-/m0/s1. The average molecular weight is 407 g/mol. The number of morpholine rings is 1. The quantitative estimate of drug-likeness (QED) is 0.603. The molecule has 4 rings (SSSR count). The molecule has 0 bridgehead atoms. The summed E-state index contributed by atoms with van der Waals surface area (Å²) in [5.41, 5.74) is 4.41. The Morgan fingerprint density at radius 1 is 1.07 bits per heavy atom. The molecular formula is C24H25NO5. The van der Waals surface area contributed by atoms with E-state index in [4.69, 9.17) is 13.9 Å². The van der Waals surface area contributed by atoms with Gasteiger partial charge in [0.2, 0.25) is 6.10 Å². The first-order valence-corrected chi connectivity index (χ1v) is 10.1. The second-order valence-corrected chi connectivity index (χ2v) is 7.59. The lowest BCUT2D eigenvalue weighted by Gasteiger charge is -2.30. The van der Waals surface area contributed by atoms with Crippen molar-refractivity contribution >= 4 is 22.8 Å². The Hall–Kier alpha value is -3.12. The zero-order valence-corrected chi connectivity index (χ0v) is 17.2. The van der Waals surface area contributed by atoms with Crippen molar-refractivity contribution in [1.29, 1.82) is 0 Å². The molecule has 2 aromatic carbocycles. The van der Waals surface area contributed by atoms with Crippen molar-refractivity contribution in [3.05, 3.63) is 71.0 Å². The van der Waals surface area contributed by atoms with E-state index in [-0.39, 0.29) is 12.3 Å². The molecule has 1 atom stereocenters. The number of ether oxygens (including phenoxy) is 2. The van der Waals surface area contributed by atoms with Gasteiger partial charge in [-0.3, -0.25) is 9.59 Å². The normalized spacial score (nSPS) is 15.2. The number of rotatable bonds is 5. The third-order valence-corrected chi connectivity index (χ3v) is 5.50. The molecule has 0 N–H and O–H groups in total. The Morgan fingerprint density at radius 3 is 2.50 bits per heavy atom. The van der Waals surface area contributed by atoms with Gasteiger partial charge >= 0.3 is 5.97 Å². The summed E-state index contributed by atoms with van der Waals surface area (Å²) in [5, 5.41) is 0.894. The lowest BCUT2D eigenvalue weighted by Crippen LogP contribution is -2.44. The van der Waals surface area contributed by atoms with E-state index >= 15 is 0 Å². The zero-order valence-electron chi connectivity index (χ0n) is 17.2. The minimum atomic E-state index is -0.973. The molecule has 0 radical (unpaired) electrons. The SMILES string of the molecule is Cc1cc2occ(CC(=O)O[C@H](C(=O)N3CCOCC3)c3ccccc3)c2cc1C. The van der Waals surface area contributed by atoms with Crippen molar-refractivity contribution in [3.63, 3.8) is 0 Å². The van der Waals surface area contributed by atoms with Crippen LogP contribution in [0.25, 0.3) is 11.0 Å². The topological polar surface area (TPSA) is 69.0 Å². The van der Waals surface area contributed by atoms with Gasteiger partial charge in [-0.1, -0.05) is 30.3 Å². The van der Waals surface area contributed by atoms with E-state index < -0.39 is 12.1 Å². The second-order valence-electron chi connectivity index (χ2n) is 7.59. The van der Waals surface area contributed by atoms with Gasteiger partial charge < -0.3 is 18.8 Å². The zero-order chi connectivity index (χ0) is 21.1. The summed E-state index contributed by atoms with van der Waals surface area (Å²) < 4.78 is 16.7.